The third-order valence-corrected chi connectivity index (χ3v) is 5.34. The van der Waals surface area contributed by atoms with Crippen molar-refractivity contribution >= 4 is 23.6 Å². The third-order valence-electron chi connectivity index (χ3n) is 5.34. The summed E-state index contributed by atoms with van der Waals surface area (Å²) in [6, 6.07) is 4.58. The summed E-state index contributed by atoms with van der Waals surface area (Å²) in [7, 11) is 0. The topological polar surface area (TPSA) is 109 Å². The predicted octanol–water partition coefficient (Wildman–Crippen LogP) is 2.24. The highest BCUT2D eigenvalue weighted by Gasteiger charge is 2.27. The molecule has 0 unspecified atom stereocenters. The highest BCUT2D eigenvalue weighted by atomic mass is 16.6. The van der Waals surface area contributed by atoms with Gasteiger partial charge in [-0.3, -0.25) is 14.9 Å². The average Bonchev–Trinajstić information content (AvgIpc) is 3.24. The Balaban J connectivity index is 1.42. The Kier molecular flexibility index (Phi) is 5.32. The third kappa shape index (κ3) is 4.15. The Morgan fingerprint density at radius 3 is 2.41 bits per heavy atom. The molecule has 2 saturated heterocycles. The van der Waals surface area contributed by atoms with E-state index < -0.39 is 10.8 Å². The molecule has 2 aromatic heterocycles. The fraction of sp³-hybridized carbons (Fsp3) is 0.526. The van der Waals surface area contributed by atoms with Crippen LogP contribution in [-0.4, -0.2) is 65.0 Å². The van der Waals surface area contributed by atoms with Gasteiger partial charge in [0.25, 0.3) is 5.91 Å². The molecule has 0 bridgehead atoms. The summed E-state index contributed by atoms with van der Waals surface area (Å²) < 4.78 is 5.04. The Bertz CT molecular complexity index is 900. The summed E-state index contributed by atoms with van der Waals surface area (Å²) in [6.45, 7) is 6.16. The smallest absolute Gasteiger partial charge is 0.395 e. The number of carbonyl (C=O) groups excluding carboxylic acids is 1. The lowest BCUT2D eigenvalue weighted by atomic mass is 10.1. The normalized spacial score (nSPS) is 17.5. The molecule has 0 saturated carbocycles. The van der Waals surface area contributed by atoms with Gasteiger partial charge in [-0.2, -0.15) is 4.98 Å². The molecule has 4 rings (SSSR count). The van der Waals surface area contributed by atoms with Crippen LogP contribution in [0.25, 0.3) is 0 Å². The predicted molar refractivity (Wildman–Crippen MR) is 106 cm³/mol. The maximum atomic E-state index is 12.5. The lowest BCUT2D eigenvalue weighted by Crippen LogP contribution is -2.49. The van der Waals surface area contributed by atoms with Gasteiger partial charge in [0, 0.05) is 51.0 Å². The first kappa shape index (κ1) is 19.2. The van der Waals surface area contributed by atoms with Gasteiger partial charge in [-0.15, -0.1) is 0 Å². The van der Waals surface area contributed by atoms with Gasteiger partial charge >= 0.3 is 5.88 Å². The number of furan rings is 1. The molecule has 4 heterocycles. The zero-order valence-corrected chi connectivity index (χ0v) is 16.4. The van der Waals surface area contributed by atoms with Crippen molar-refractivity contribution in [2.75, 3.05) is 49.1 Å². The summed E-state index contributed by atoms with van der Waals surface area (Å²) in [5.74, 6) is 0.881. The van der Waals surface area contributed by atoms with E-state index in [0.29, 0.717) is 32.1 Å². The Labute approximate surface area is 168 Å². The molecular weight excluding hydrogens is 376 g/mol. The first-order valence-corrected chi connectivity index (χ1v) is 9.90. The SMILES string of the molecule is Cc1cc(N2CCCCC2)nc(N2CCN(C(=O)c3ccc([N+](=O)[O-])o3)CC2)n1. The zero-order valence-electron chi connectivity index (χ0n) is 16.4. The summed E-state index contributed by atoms with van der Waals surface area (Å²) in [5, 5.41) is 10.7. The van der Waals surface area contributed by atoms with E-state index in [-0.39, 0.29) is 11.7 Å². The van der Waals surface area contributed by atoms with Gasteiger partial charge < -0.3 is 19.1 Å². The standard InChI is InChI=1S/C19H24N6O4/c1-14-13-16(22-7-3-2-4-8-22)21-19(20-14)24-11-9-23(10-12-24)18(26)15-5-6-17(29-15)25(27)28/h5-6,13H,2-4,7-12H2,1H3. The maximum Gasteiger partial charge on any atom is 0.433 e. The summed E-state index contributed by atoms with van der Waals surface area (Å²) in [4.78, 5) is 38.0. The van der Waals surface area contributed by atoms with Gasteiger partial charge in [-0.1, -0.05) is 0 Å². The fourth-order valence-electron chi connectivity index (χ4n) is 3.77. The van der Waals surface area contributed by atoms with Crippen molar-refractivity contribution in [1.82, 2.24) is 14.9 Å². The first-order chi connectivity index (χ1) is 14.0. The van der Waals surface area contributed by atoms with Crippen LogP contribution in [0.15, 0.2) is 22.6 Å². The van der Waals surface area contributed by atoms with Gasteiger partial charge in [0.15, 0.2) is 5.76 Å². The quantitative estimate of drug-likeness (QED) is 0.568. The molecule has 10 heteroatoms. The number of aryl methyl sites for hydroxylation is 1. The molecule has 2 aromatic rings. The number of rotatable bonds is 4. The van der Waals surface area contributed by atoms with E-state index in [0.717, 1.165) is 24.6 Å². The van der Waals surface area contributed by atoms with Crippen molar-refractivity contribution in [3.63, 3.8) is 0 Å². The first-order valence-electron chi connectivity index (χ1n) is 9.90. The van der Waals surface area contributed by atoms with Crippen LogP contribution in [0.1, 0.15) is 35.5 Å². The molecular formula is C19H24N6O4. The molecule has 2 fully saturated rings. The van der Waals surface area contributed by atoms with Crippen LogP contribution in [-0.2, 0) is 0 Å². The molecule has 10 nitrogen and oxygen atoms in total. The molecule has 0 N–H and O–H groups in total. The van der Waals surface area contributed by atoms with E-state index in [1.807, 2.05) is 13.0 Å². The summed E-state index contributed by atoms with van der Waals surface area (Å²) in [5.41, 5.74) is 0.928. The molecule has 154 valence electrons. The Morgan fingerprint density at radius 1 is 1.03 bits per heavy atom. The highest BCUT2D eigenvalue weighted by Crippen LogP contribution is 2.23. The van der Waals surface area contributed by atoms with E-state index in [9.17, 15) is 14.9 Å². The van der Waals surface area contributed by atoms with Gasteiger partial charge in [0.05, 0.1) is 6.07 Å². The molecule has 0 aliphatic carbocycles. The monoisotopic (exact) mass is 400 g/mol. The molecule has 29 heavy (non-hydrogen) atoms. The van der Waals surface area contributed by atoms with Crippen molar-refractivity contribution in [1.29, 1.82) is 0 Å². The van der Waals surface area contributed by atoms with Crippen LogP contribution < -0.4 is 9.80 Å². The largest absolute Gasteiger partial charge is 0.433 e. The number of amides is 1. The van der Waals surface area contributed by atoms with E-state index >= 15 is 0 Å². The van der Waals surface area contributed by atoms with E-state index in [1.165, 1.54) is 31.4 Å². The van der Waals surface area contributed by atoms with Crippen LogP contribution in [0, 0.1) is 17.0 Å². The number of hydrogen-bond donors (Lipinski definition) is 0. The minimum absolute atomic E-state index is 0.00987. The van der Waals surface area contributed by atoms with Crippen LogP contribution in [0.4, 0.5) is 17.7 Å². The fourth-order valence-corrected chi connectivity index (χ4v) is 3.77. The number of nitro groups is 1. The van der Waals surface area contributed by atoms with Crippen molar-refractivity contribution in [2.24, 2.45) is 0 Å². The van der Waals surface area contributed by atoms with Gasteiger partial charge in [0.1, 0.15) is 10.7 Å². The molecule has 0 radical (unpaired) electrons. The minimum Gasteiger partial charge on any atom is -0.395 e. The Hall–Kier alpha value is -3.17. The van der Waals surface area contributed by atoms with E-state index in [1.54, 1.807) is 4.90 Å². The molecule has 0 atom stereocenters. The van der Waals surface area contributed by atoms with Crippen LogP contribution >= 0.6 is 0 Å². The molecule has 1 amide bonds. The molecule has 0 spiro atoms. The van der Waals surface area contributed by atoms with Gasteiger partial charge in [-0.25, -0.2) is 4.98 Å². The van der Waals surface area contributed by atoms with Crippen LogP contribution in [0.3, 0.4) is 0 Å². The van der Waals surface area contributed by atoms with Gasteiger partial charge in [-0.05, 0) is 32.3 Å². The minimum atomic E-state index is -0.649. The van der Waals surface area contributed by atoms with Crippen LogP contribution in [0.2, 0.25) is 0 Å². The van der Waals surface area contributed by atoms with Crippen molar-refractivity contribution < 1.29 is 14.1 Å². The molecule has 2 aliphatic rings. The molecule has 2 aliphatic heterocycles. The second-order valence-corrected chi connectivity index (χ2v) is 7.39. The summed E-state index contributed by atoms with van der Waals surface area (Å²) in [6.07, 6.45) is 3.64. The lowest BCUT2D eigenvalue weighted by Gasteiger charge is -2.35. The van der Waals surface area contributed by atoms with Crippen molar-refractivity contribution in [3.05, 3.63) is 39.8 Å². The second-order valence-electron chi connectivity index (χ2n) is 7.39. The number of anilines is 2. The number of piperidine rings is 1. The second kappa shape index (κ2) is 8.06. The Morgan fingerprint density at radius 2 is 1.76 bits per heavy atom. The molecule has 0 aromatic carbocycles. The number of piperazine rings is 1. The number of nitrogens with zero attached hydrogens (tertiary/aromatic N) is 6. The highest BCUT2D eigenvalue weighted by molar-refractivity contribution is 5.92. The summed E-state index contributed by atoms with van der Waals surface area (Å²) >= 11 is 0. The van der Waals surface area contributed by atoms with Crippen molar-refractivity contribution in [2.45, 2.75) is 26.2 Å². The zero-order chi connectivity index (χ0) is 20.4. The maximum absolute atomic E-state index is 12.5. The number of carbonyl (C=O) groups is 1. The number of hydrogen-bond acceptors (Lipinski definition) is 8. The number of aromatic nitrogens is 2. The lowest BCUT2D eigenvalue weighted by molar-refractivity contribution is -0.402. The average molecular weight is 400 g/mol. The van der Waals surface area contributed by atoms with Gasteiger partial charge in [0.2, 0.25) is 5.95 Å². The van der Waals surface area contributed by atoms with E-state index in [4.69, 9.17) is 9.40 Å². The van der Waals surface area contributed by atoms with Crippen LogP contribution in [0.5, 0.6) is 0 Å². The van der Waals surface area contributed by atoms with E-state index in [2.05, 4.69) is 14.8 Å². The van der Waals surface area contributed by atoms with Crippen molar-refractivity contribution in [3.8, 4) is 0 Å².